The molecule has 0 atom stereocenters. The highest BCUT2D eigenvalue weighted by Gasteiger charge is 2.04. The van der Waals surface area contributed by atoms with Crippen LogP contribution in [-0.2, 0) is 16.0 Å². The van der Waals surface area contributed by atoms with E-state index in [0.29, 0.717) is 12.8 Å². The molecule has 2 aromatic rings. The SMILES string of the molecule is CC(=O)NC(=O)CCc1ccc(Oc2ccccc2)cc1. The second-order valence-corrected chi connectivity index (χ2v) is 4.66. The Balaban J connectivity index is 1.87. The maximum Gasteiger partial charge on any atom is 0.226 e. The molecule has 0 saturated carbocycles. The molecular formula is C17H17NO3. The van der Waals surface area contributed by atoms with E-state index >= 15 is 0 Å². The van der Waals surface area contributed by atoms with Crippen LogP contribution in [0.1, 0.15) is 18.9 Å². The Hall–Kier alpha value is -2.62. The molecule has 0 spiro atoms. The summed E-state index contributed by atoms with van der Waals surface area (Å²) in [5.41, 5.74) is 1.02. The first kappa shape index (κ1) is 14.8. The number of imide groups is 1. The highest BCUT2D eigenvalue weighted by molar-refractivity contribution is 5.93. The summed E-state index contributed by atoms with van der Waals surface area (Å²) in [6.07, 6.45) is 0.878. The van der Waals surface area contributed by atoms with Crippen LogP contribution in [0, 0.1) is 0 Å². The van der Waals surface area contributed by atoms with Crippen LogP contribution in [0.15, 0.2) is 54.6 Å². The van der Waals surface area contributed by atoms with Gasteiger partial charge in [-0.25, -0.2) is 0 Å². The minimum absolute atomic E-state index is 0.257. The highest BCUT2D eigenvalue weighted by atomic mass is 16.5. The van der Waals surface area contributed by atoms with Crippen molar-refractivity contribution >= 4 is 11.8 Å². The van der Waals surface area contributed by atoms with Gasteiger partial charge >= 0.3 is 0 Å². The average molecular weight is 283 g/mol. The topological polar surface area (TPSA) is 55.4 Å². The Kier molecular flexibility index (Phi) is 5.10. The van der Waals surface area contributed by atoms with E-state index < -0.39 is 0 Å². The number of ether oxygens (including phenoxy) is 1. The summed E-state index contributed by atoms with van der Waals surface area (Å²) >= 11 is 0. The van der Waals surface area contributed by atoms with Crippen LogP contribution in [0.5, 0.6) is 11.5 Å². The summed E-state index contributed by atoms with van der Waals surface area (Å²) in [6, 6.07) is 17.1. The van der Waals surface area contributed by atoms with Crippen LogP contribution in [0.2, 0.25) is 0 Å². The fraction of sp³-hybridized carbons (Fsp3) is 0.176. The third kappa shape index (κ3) is 5.10. The number of rotatable bonds is 5. The number of amides is 2. The number of benzene rings is 2. The van der Waals surface area contributed by atoms with E-state index in [-0.39, 0.29) is 11.8 Å². The second-order valence-electron chi connectivity index (χ2n) is 4.66. The summed E-state index contributed by atoms with van der Waals surface area (Å²) in [5.74, 6) is 0.947. The molecule has 21 heavy (non-hydrogen) atoms. The molecule has 0 bridgehead atoms. The highest BCUT2D eigenvalue weighted by Crippen LogP contribution is 2.21. The summed E-state index contributed by atoms with van der Waals surface area (Å²) in [4.78, 5) is 22.1. The van der Waals surface area contributed by atoms with Gasteiger partial charge in [0.2, 0.25) is 11.8 Å². The normalized spacial score (nSPS) is 9.95. The Morgan fingerprint density at radius 1 is 0.952 bits per heavy atom. The number of carbonyl (C=O) groups is 2. The summed E-state index contributed by atoms with van der Waals surface area (Å²) in [7, 11) is 0. The van der Waals surface area contributed by atoms with E-state index in [1.165, 1.54) is 6.92 Å². The number of nitrogens with one attached hydrogen (secondary N) is 1. The van der Waals surface area contributed by atoms with Gasteiger partial charge in [0, 0.05) is 13.3 Å². The van der Waals surface area contributed by atoms with E-state index in [0.717, 1.165) is 17.1 Å². The van der Waals surface area contributed by atoms with Crippen molar-refractivity contribution < 1.29 is 14.3 Å². The molecule has 0 saturated heterocycles. The molecule has 4 nitrogen and oxygen atoms in total. The molecule has 0 radical (unpaired) electrons. The summed E-state index contributed by atoms with van der Waals surface area (Å²) in [5, 5.41) is 2.25. The molecule has 0 fully saturated rings. The molecule has 0 aliphatic heterocycles. The Morgan fingerprint density at radius 2 is 1.57 bits per heavy atom. The van der Waals surface area contributed by atoms with Gasteiger partial charge in [-0.15, -0.1) is 0 Å². The van der Waals surface area contributed by atoms with Crippen molar-refractivity contribution in [2.75, 3.05) is 0 Å². The first-order valence-corrected chi connectivity index (χ1v) is 6.76. The van der Waals surface area contributed by atoms with E-state index in [9.17, 15) is 9.59 Å². The van der Waals surface area contributed by atoms with E-state index in [1.807, 2.05) is 54.6 Å². The van der Waals surface area contributed by atoms with Crippen LogP contribution in [0.4, 0.5) is 0 Å². The first-order valence-electron chi connectivity index (χ1n) is 6.76. The lowest BCUT2D eigenvalue weighted by molar-refractivity contribution is -0.129. The number of hydrogen-bond acceptors (Lipinski definition) is 3. The molecule has 0 heterocycles. The fourth-order valence-corrected chi connectivity index (χ4v) is 1.87. The van der Waals surface area contributed by atoms with Crippen molar-refractivity contribution in [1.82, 2.24) is 5.32 Å². The average Bonchev–Trinajstić information content (AvgIpc) is 2.47. The Bertz CT molecular complexity index is 606. The third-order valence-corrected chi connectivity index (χ3v) is 2.86. The minimum atomic E-state index is -0.327. The van der Waals surface area contributed by atoms with E-state index in [2.05, 4.69) is 5.32 Å². The third-order valence-electron chi connectivity index (χ3n) is 2.86. The van der Waals surface area contributed by atoms with Crippen molar-refractivity contribution in [3.05, 3.63) is 60.2 Å². The van der Waals surface area contributed by atoms with Gasteiger partial charge in [0.25, 0.3) is 0 Å². The molecule has 4 heteroatoms. The molecule has 108 valence electrons. The molecule has 0 aromatic heterocycles. The minimum Gasteiger partial charge on any atom is -0.457 e. The van der Waals surface area contributed by atoms with Crippen molar-refractivity contribution in [3.63, 3.8) is 0 Å². The maximum atomic E-state index is 11.4. The van der Waals surface area contributed by atoms with Crippen LogP contribution in [0.3, 0.4) is 0 Å². The second kappa shape index (κ2) is 7.24. The van der Waals surface area contributed by atoms with E-state index in [1.54, 1.807) is 0 Å². The van der Waals surface area contributed by atoms with Gasteiger partial charge in [0.15, 0.2) is 0 Å². The van der Waals surface area contributed by atoms with Crippen molar-refractivity contribution in [2.45, 2.75) is 19.8 Å². The predicted octanol–water partition coefficient (Wildman–Crippen LogP) is 3.07. The lowest BCUT2D eigenvalue weighted by atomic mass is 10.1. The van der Waals surface area contributed by atoms with Gasteiger partial charge in [-0.1, -0.05) is 30.3 Å². The van der Waals surface area contributed by atoms with Crippen LogP contribution >= 0.6 is 0 Å². The summed E-state index contributed by atoms with van der Waals surface area (Å²) in [6.45, 7) is 1.33. The number of carbonyl (C=O) groups excluding carboxylic acids is 2. The van der Waals surface area contributed by atoms with Gasteiger partial charge < -0.3 is 4.74 Å². The van der Waals surface area contributed by atoms with Crippen molar-refractivity contribution in [3.8, 4) is 11.5 Å². The smallest absolute Gasteiger partial charge is 0.226 e. The fourth-order valence-electron chi connectivity index (χ4n) is 1.87. The molecule has 2 amide bonds. The Morgan fingerprint density at radius 3 is 2.19 bits per heavy atom. The van der Waals surface area contributed by atoms with Crippen LogP contribution in [0.25, 0.3) is 0 Å². The zero-order valence-corrected chi connectivity index (χ0v) is 11.8. The zero-order valence-electron chi connectivity index (χ0n) is 11.8. The molecule has 2 rings (SSSR count). The van der Waals surface area contributed by atoms with Crippen molar-refractivity contribution in [2.24, 2.45) is 0 Å². The molecule has 1 N–H and O–H groups in total. The largest absolute Gasteiger partial charge is 0.457 e. The number of hydrogen-bond donors (Lipinski definition) is 1. The monoisotopic (exact) mass is 283 g/mol. The number of para-hydroxylation sites is 1. The molecular weight excluding hydrogens is 266 g/mol. The van der Waals surface area contributed by atoms with Crippen molar-refractivity contribution in [1.29, 1.82) is 0 Å². The predicted molar refractivity (Wildman–Crippen MR) is 80.1 cm³/mol. The van der Waals surface area contributed by atoms with E-state index in [4.69, 9.17) is 4.74 Å². The van der Waals surface area contributed by atoms with Gasteiger partial charge in [-0.3, -0.25) is 14.9 Å². The van der Waals surface area contributed by atoms with Crippen LogP contribution < -0.4 is 10.1 Å². The lowest BCUT2D eigenvalue weighted by Gasteiger charge is -2.06. The molecule has 0 aliphatic rings. The quantitative estimate of drug-likeness (QED) is 0.917. The van der Waals surface area contributed by atoms with Gasteiger partial charge in [-0.2, -0.15) is 0 Å². The molecule has 0 aliphatic carbocycles. The lowest BCUT2D eigenvalue weighted by Crippen LogP contribution is -2.27. The Labute approximate surface area is 123 Å². The zero-order chi connectivity index (χ0) is 15.1. The molecule has 2 aromatic carbocycles. The molecule has 0 unspecified atom stereocenters. The number of aryl methyl sites for hydroxylation is 1. The standard InChI is InChI=1S/C17H17NO3/c1-13(19)18-17(20)12-9-14-7-10-16(11-8-14)21-15-5-3-2-4-6-15/h2-8,10-11H,9,12H2,1H3,(H,18,19,20). The van der Waals surface area contributed by atoms with Gasteiger partial charge in [0.1, 0.15) is 11.5 Å². The summed E-state index contributed by atoms with van der Waals surface area (Å²) < 4.78 is 5.69. The van der Waals surface area contributed by atoms with Crippen LogP contribution in [-0.4, -0.2) is 11.8 Å². The van der Waals surface area contributed by atoms with Gasteiger partial charge in [0.05, 0.1) is 0 Å². The maximum absolute atomic E-state index is 11.4. The van der Waals surface area contributed by atoms with Gasteiger partial charge in [-0.05, 0) is 36.2 Å². The first-order chi connectivity index (χ1) is 10.1.